The highest BCUT2D eigenvalue weighted by Gasteiger charge is 2.33. The summed E-state index contributed by atoms with van der Waals surface area (Å²) >= 11 is 0. The van der Waals surface area contributed by atoms with Gasteiger partial charge in [0, 0.05) is 24.8 Å². The number of carbonyl (C=O) groups excluding carboxylic acids is 1. The van der Waals surface area contributed by atoms with Crippen LogP contribution in [0.2, 0.25) is 0 Å². The number of hydrogen-bond acceptors (Lipinski definition) is 3. The average Bonchev–Trinajstić information content (AvgIpc) is 2.82. The first-order valence-electron chi connectivity index (χ1n) is 6.78. The molecule has 1 unspecified atom stereocenters. The van der Waals surface area contributed by atoms with E-state index < -0.39 is 0 Å². The molecule has 2 rings (SSSR count). The van der Waals surface area contributed by atoms with Crippen molar-refractivity contribution >= 4 is 5.91 Å². The lowest BCUT2D eigenvalue weighted by atomic mass is 9.99. The number of rotatable bonds is 5. The zero-order chi connectivity index (χ0) is 13.8. The molecule has 0 spiro atoms. The van der Waals surface area contributed by atoms with Gasteiger partial charge in [-0.1, -0.05) is 18.2 Å². The second-order valence-electron chi connectivity index (χ2n) is 5.10. The van der Waals surface area contributed by atoms with Crippen molar-refractivity contribution in [2.24, 2.45) is 0 Å². The van der Waals surface area contributed by atoms with Crippen molar-refractivity contribution in [1.82, 2.24) is 4.90 Å². The van der Waals surface area contributed by atoms with Crippen molar-refractivity contribution in [3.63, 3.8) is 0 Å². The van der Waals surface area contributed by atoms with E-state index in [1.54, 1.807) is 0 Å². The fraction of sp³-hybridized carbons (Fsp3) is 0.533. The molecule has 0 fully saturated rings. The topological polar surface area (TPSA) is 49.8 Å². The van der Waals surface area contributed by atoms with E-state index in [0.29, 0.717) is 19.6 Å². The lowest BCUT2D eigenvalue weighted by Gasteiger charge is -2.28. The molecule has 1 atom stereocenters. The molecule has 1 amide bonds. The summed E-state index contributed by atoms with van der Waals surface area (Å²) in [5.74, 6) is 0.692. The molecule has 0 radical (unpaired) electrons. The Labute approximate surface area is 114 Å². The zero-order valence-corrected chi connectivity index (χ0v) is 11.5. The summed E-state index contributed by atoms with van der Waals surface area (Å²) in [5.41, 5.74) is 0.974. The first-order valence-corrected chi connectivity index (χ1v) is 6.78. The van der Waals surface area contributed by atoms with E-state index in [1.807, 2.05) is 43.0 Å². The molecular weight excluding hydrogens is 242 g/mol. The SMILES string of the molecule is CC(C)N(CCCO)C(=O)C1COc2ccccc21. The fourth-order valence-corrected chi connectivity index (χ4v) is 2.43. The van der Waals surface area contributed by atoms with Crippen LogP contribution in [0.4, 0.5) is 0 Å². The summed E-state index contributed by atoms with van der Waals surface area (Å²) in [7, 11) is 0. The summed E-state index contributed by atoms with van der Waals surface area (Å²) < 4.78 is 5.57. The number of benzene rings is 1. The fourth-order valence-electron chi connectivity index (χ4n) is 2.43. The van der Waals surface area contributed by atoms with Crippen LogP contribution in [0.25, 0.3) is 0 Å². The Morgan fingerprint density at radius 1 is 1.47 bits per heavy atom. The highest BCUT2D eigenvalue weighted by Crippen LogP contribution is 2.34. The molecular formula is C15H21NO3. The highest BCUT2D eigenvalue weighted by molar-refractivity contribution is 5.85. The largest absolute Gasteiger partial charge is 0.492 e. The Morgan fingerprint density at radius 2 is 2.21 bits per heavy atom. The highest BCUT2D eigenvalue weighted by atomic mass is 16.5. The molecule has 1 heterocycles. The molecule has 4 heteroatoms. The van der Waals surface area contributed by atoms with Crippen molar-refractivity contribution in [3.8, 4) is 5.75 Å². The van der Waals surface area contributed by atoms with E-state index in [-0.39, 0.29) is 24.5 Å². The van der Waals surface area contributed by atoms with Crippen LogP contribution < -0.4 is 4.74 Å². The maximum Gasteiger partial charge on any atom is 0.233 e. The molecule has 19 heavy (non-hydrogen) atoms. The van der Waals surface area contributed by atoms with Crippen LogP contribution in [0, 0.1) is 0 Å². The monoisotopic (exact) mass is 263 g/mol. The van der Waals surface area contributed by atoms with Gasteiger partial charge < -0.3 is 14.7 Å². The number of aliphatic hydroxyl groups is 1. The Morgan fingerprint density at radius 3 is 2.89 bits per heavy atom. The van der Waals surface area contributed by atoms with E-state index >= 15 is 0 Å². The van der Waals surface area contributed by atoms with Crippen molar-refractivity contribution in [2.75, 3.05) is 19.8 Å². The minimum Gasteiger partial charge on any atom is -0.492 e. The number of para-hydroxylation sites is 1. The lowest BCUT2D eigenvalue weighted by Crippen LogP contribution is -2.41. The first-order chi connectivity index (χ1) is 9.15. The van der Waals surface area contributed by atoms with Gasteiger partial charge in [0.15, 0.2) is 0 Å². The molecule has 1 aliphatic heterocycles. The molecule has 4 nitrogen and oxygen atoms in total. The average molecular weight is 263 g/mol. The van der Waals surface area contributed by atoms with Crippen LogP contribution in [0.3, 0.4) is 0 Å². The predicted molar refractivity (Wildman–Crippen MR) is 73.2 cm³/mol. The molecule has 104 valence electrons. The van der Waals surface area contributed by atoms with Crippen LogP contribution in [-0.4, -0.2) is 41.7 Å². The molecule has 0 aliphatic carbocycles. The van der Waals surface area contributed by atoms with Gasteiger partial charge in [-0.25, -0.2) is 0 Å². The number of amides is 1. The second-order valence-corrected chi connectivity index (χ2v) is 5.10. The predicted octanol–water partition coefficient (Wildman–Crippen LogP) is 1.78. The Hall–Kier alpha value is -1.55. The van der Waals surface area contributed by atoms with Crippen LogP contribution >= 0.6 is 0 Å². The van der Waals surface area contributed by atoms with Crippen LogP contribution in [0.1, 0.15) is 31.7 Å². The van der Waals surface area contributed by atoms with Gasteiger partial charge in [-0.05, 0) is 26.3 Å². The molecule has 1 aliphatic rings. The van der Waals surface area contributed by atoms with E-state index in [0.717, 1.165) is 11.3 Å². The molecule has 0 bridgehead atoms. The zero-order valence-electron chi connectivity index (χ0n) is 11.5. The van der Waals surface area contributed by atoms with Gasteiger partial charge in [0.25, 0.3) is 0 Å². The smallest absolute Gasteiger partial charge is 0.233 e. The quantitative estimate of drug-likeness (QED) is 0.881. The summed E-state index contributed by atoms with van der Waals surface area (Å²) in [4.78, 5) is 14.4. The van der Waals surface area contributed by atoms with Crippen molar-refractivity contribution in [1.29, 1.82) is 0 Å². The molecule has 1 aromatic carbocycles. The third-order valence-electron chi connectivity index (χ3n) is 3.46. The van der Waals surface area contributed by atoms with E-state index in [9.17, 15) is 4.79 Å². The number of hydrogen-bond donors (Lipinski definition) is 1. The number of nitrogens with zero attached hydrogens (tertiary/aromatic N) is 1. The summed E-state index contributed by atoms with van der Waals surface area (Å²) in [6.07, 6.45) is 0.610. The molecule has 0 saturated heterocycles. The van der Waals surface area contributed by atoms with Gasteiger partial charge in [0.05, 0.1) is 0 Å². The molecule has 1 aromatic rings. The summed E-state index contributed by atoms with van der Waals surface area (Å²) in [6, 6.07) is 7.83. The minimum absolute atomic E-state index is 0.0911. The summed E-state index contributed by atoms with van der Waals surface area (Å²) in [6.45, 7) is 5.11. The van der Waals surface area contributed by atoms with Gasteiger partial charge in [-0.2, -0.15) is 0 Å². The maximum atomic E-state index is 12.6. The van der Waals surface area contributed by atoms with Gasteiger partial charge in [-0.15, -0.1) is 0 Å². The summed E-state index contributed by atoms with van der Waals surface area (Å²) in [5, 5.41) is 8.94. The van der Waals surface area contributed by atoms with Crippen molar-refractivity contribution in [2.45, 2.75) is 32.2 Å². The number of carbonyl (C=O) groups is 1. The number of ether oxygens (including phenoxy) is 1. The van der Waals surface area contributed by atoms with Gasteiger partial charge in [-0.3, -0.25) is 4.79 Å². The molecule has 1 N–H and O–H groups in total. The minimum atomic E-state index is -0.211. The molecule has 0 aromatic heterocycles. The third kappa shape index (κ3) is 2.89. The van der Waals surface area contributed by atoms with E-state index in [4.69, 9.17) is 9.84 Å². The van der Waals surface area contributed by atoms with E-state index in [2.05, 4.69) is 0 Å². The Bertz CT molecular complexity index is 445. The Kier molecular flexibility index (Phi) is 4.43. The van der Waals surface area contributed by atoms with Crippen LogP contribution in [0.5, 0.6) is 5.75 Å². The van der Waals surface area contributed by atoms with Crippen LogP contribution in [-0.2, 0) is 4.79 Å². The third-order valence-corrected chi connectivity index (χ3v) is 3.46. The van der Waals surface area contributed by atoms with Crippen molar-refractivity contribution in [3.05, 3.63) is 29.8 Å². The number of aliphatic hydroxyl groups excluding tert-OH is 1. The van der Waals surface area contributed by atoms with Gasteiger partial charge >= 0.3 is 0 Å². The van der Waals surface area contributed by atoms with Gasteiger partial charge in [0.1, 0.15) is 18.3 Å². The van der Waals surface area contributed by atoms with E-state index in [1.165, 1.54) is 0 Å². The molecule has 0 saturated carbocycles. The van der Waals surface area contributed by atoms with Crippen molar-refractivity contribution < 1.29 is 14.6 Å². The van der Waals surface area contributed by atoms with Crippen LogP contribution in [0.15, 0.2) is 24.3 Å². The normalized spacial score (nSPS) is 17.2. The number of fused-ring (bicyclic) bond motifs is 1. The van der Waals surface area contributed by atoms with Gasteiger partial charge in [0.2, 0.25) is 5.91 Å². The maximum absolute atomic E-state index is 12.6. The lowest BCUT2D eigenvalue weighted by molar-refractivity contribution is -0.134. The standard InChI is InChI=1S/C15H21NO3/c1-11(2)16(8-5-9-17)15(18)13-10-19-14-7-4-3-6-12(13)14/h3-4,6-7,11,13,17H,5,8-10H2,1-2H3. The Balaban J connectivity index is 2.15. The first kappa shape index (κ1) is 13.9. The second kappa shape index (κ2) is 6.06.